The van der Waals surface area contributed by atoms with Gasteiger partial charge >= 0.3 is 0 Å². The van der Waals surface area contributed by atoms with Gasteiger partial charge in [0.15, 0.2) is 0 Å². The molecule has 0 saturated heterocycles. The lowest BCUT2D eigenvalue weighted by Crippen LogP contribution is -2.59. The summed E-state index contributed by atoms with van der Waals surface area (Å²) in [7, 11) is 0. The average Bonchev–Trinajstić information content (AvgIpc) is 1.64. The van der Waals surface area contributed by atoms with Crippen molar-refractivity contribution in [3.8, 4) is 67.4 Å². The van der Waals surface area contributed by atoms with Gasteiger partial charge in [-0.2, -0.15) is 0 Å². The van der Waals surface area contributed by atoms with Gasteiger partial charge in [-0.05, 0) is 144 Å². The lowest BCUT2D eigenvalue weighted by Gasteiger charge is -2.42. The lowest BCUT2D eigenvalue weighted by molar-refractivity contribution is 0.487. The van der Waals surface area contributed by atoms with Crippen LogP contribution in [0.25, 0.3) is 99.5 Å². The molecule has 4 nitrogen and oxygen atoms in total. The Labute approximate surface area is 570 Å². The molecule has 0 N–H and O–H groups in total. The van der Waals surface area contributed by atoms with Crippen molar-refractivity contribution in [2.75, 3.05) is 4.90 Å². The van der Waals surface area contributed by atoms with E-state index < -0.39 is 114 Å². The van der Waals surface area contributed by atoms with E-state index in [1.54, 1.807) is 6.07 Å². The predicted octanol–water partition coefficient (Wildman–Crippen LogP) is 20.9. The van der Waals surface area contributed by atoms with Gasteiger partial charge in [0.1, 0.15) is 11.5 Å². The van der Waals surface area contributed by atoms with Crippen molar-refractivity contribution in [2.45, 2.75) is 31.6 Å². The van der Waals surface area contributed by atoms with E-state index in [0.29, 0.717) is 39.5 Å². The van der Waals surface area contributed by atoms with E-state index in [1.807, 2.05) is 97.1 Å². The summed E-state index contributed by atoms with van der Waals surface area (Å²) in [5.41, 5.74) is 14.7. The minimum atomic E-state index is -0.823. The molecule has 0 atom stereocenters. The number of para-hydroxylation sites is 4. The molecule has 0 fully saturated rings. The van der Waals surface area contributed by atoms with Crippen molar-refractivity contribution in [1.29, 1.82) is 0 Å². The number of nitrogens with zero attached hydrogens (tertiary/aromatic N) is 3. The van der Waals surface area contributed by atoms with Crippen LogP contribution in [0.1, 0.15) is 70.5 Å². The van der Waals surface area contributed by atoms with Gasteiger partial charge in [0.25, 0.3) is 6.71 Å². The van der Waals surface area contributed by atoms with Gasteiger partial charge in [0.2, 0.25) is 0 Å². The summed E-state index contributed by atoms with van der Waals surface area (Å²) in [5, 5.41) is -0.446. The largest absolute Gasteiger partial charge is 0.458 e. The highest BCUT2D eigenvalue weighted by Gasteiger charge is 2.49. The van der Waals surface area contributed by atoms with Gasteiger partial charge in [0, 0.05) is 55.8 Å². The van der Waals surface area contributed by atoms with Crippen LogP contribution in [0, 0.1) is 0 Å². The third kappa shape index (κ3) is 7.88. The van der Waals surface area contributed by atoms with Gasteiger partial charge in [-0.25, -0.2) is 0 Å². The van der Waals surface area contributed by atoms with Crippen LogP contribution in [0.3, 0.4) is 0 Å². The summed E-state index contributed by atoms with van der Waals surface area (Å²) in [6.45, 7) is 5.68. The van der Waals surface area contributed by atoms with Gasteiger partial charge < -0.3 is 18.8 Å². The average molecular weight is 1220 g/mol. The Balaban J connectivity index is 0.986. The van der Waals surface area contributed by atoms with Gasteiger partial charge in [0.05, 0.1) is 60.8 Å². The monoisotopic (exact) mass is 1220 g/mol. The van der Waals surface area contributed by atoms with E-state index >= 15 is 0 Å². The molecule has 1 aliphatic carbocycles. The number of ether oxygens (including phenoxy) is 1. The molecule has 442 valence electrons. The maximum absolute atomic E-state index is 9.90. The molecule has 19 rings (SSSR count). The fraction of sp³-hybridized carbons (Fsp3) is 0.0562. The summed E-state index contributed by atoms with van der Waals surface area (Å²) in [6.07, 6.45) is 0. The van der Waals surface area contributed by atoms with Crippen LogP contribution in [0.4, 0.5) is 17.1 Å². The second kappa shape index (κ2) is 20.7. The smallest absolute Gasteiger partial charge is 0.256 e. The summed E-state index contributed by atoms with van der Waals surface area (Å²) in [6, 6.07) is 67.2. The van der Waals surface area contributed by atoms with Crippen molar-refractivity contribution in [2.24, 2.45) is 0 Å². The maximum Gasteiger partial charge on any atom is 0.256 e. The van der Waals surface area contributed by atoms with Crippen LogP contribution in [-0.4, -0.2) is 15.8 Å². The Hall–Kier alpha value is -11.7. The zero-order chi connectivity index (χ0) is 76.3. The molecule has 0 bridgehead atoms. The quantitative estimate of drug-likeness (QED) is 0.142. The van der Waals surface area contributed by atoms with E-state index in [2.05, 4.69) is 147 Å². The number of aromatic nitrogens is 2. The summed E-state index contributed by atoms with van der Waals surface area (Å²) in [5.74, 6) is 0.732. The third-order valence-electron chi connectivity index (χ3n) is 19.5. The number of hydrogen-bond acceptors (Lipinski definition) is 2. The minimum Gasteiger partial charge on any atom is -0.458 e. The van der Waals surface area contributed by atoms with Gasteiger partial charge in [-0.15, -0.1) is 0 Å². The Morgan fingerprint density at radius 1 is 0.383 bits per heavy atom. The first kappa shape index (κ1) is 40.3. The van der Waals surface area contributed by atoms with Gasteiger partial charge in [-0.3, -0.25) is 0 Å². The molecule has 3 aliphatic rings. The summed E-state index contributed by atoms with van der Waals surface area (Å²) < 4.78 is 162. The second-order valence-corrected chi connectivity index (χ2v) is 25.5. The maximum atomic E-state index is 9.90. The Morgan fingerprint density at radius 2 is 0.862 bits per heavy atom. The zero-order valence-corrected chi connectivity index (χ0v) is 51.2. The van der Waals surface area contributed by atoms with Crippen molar-refractivity contribution < 1.29 is 26.7 Å². The zero-order valence-electron chi connectivity index (χ0n) is 67.2. The molecule has 16 aromatic rings. The highest BCUT2D eigenvalue weighted by Crippen LogP contribution is 2.59. The van der Waals surface area contributed by atoms with Crippen molar-refractivity contribution in [3.63, 3.8) is 0 Å². The van der Waals surface area contributed by atoms with Crippen LogP contribution in [0.2, 0.25) is 0 Å². The molecule has 2 aromatic heterocycles. The molecule has 2 aliphatic heterocycles. The van der Waals surface area contributed by atoms with Crippen molar-refractivity contribution in [1.82, 2.24) is 9.13 Å². The first-order chi connectivity index (χ1) is 52.9. The molecule has 0 saturated carbocycles. The Kier molecular flexibility index (Phi) is 8.86. The first-order valence-electron chi connectivity index (χ1n) is 39.5. The Bertz CT molecular complexity index is 6510. The van der Waals surface area contributed by atoms with Gasteiger partial charge in [-0.1, -0.05) is 275 Å². The molecule has 5 heteroatoms. The number of anilines is 3. The number of benzene rings is 14. The molecular weight excluding hydrogens is 1140 g/mol. The molecule has 4 heterocycles. The minimum absolute atomic E-state index is 0.0850. The fourth-order valence-electron chi connectivity index (χ4n) is 15.5. The topological polar surface area (TPSA) is 22.3 Å². The molecule has 0 radical (unpaired) electrons. The van der Waals surface area contributed by atoms with E-state index in [4.69, 9.17) is 10.2 Å². The molecule has 0 unspecified atom stereocenters. The van der Waals surface area contributed by atoms with Crippen molar-refractivity contribution in [3.05, 3.63) is 349 Å². The fourth-order valence-corrected chi connectivity index (χ4v) is 15.5. The predicted molar refractivity (Wildman–Crippen MR) is 393 cm³/mol. The molecular formula is C89H62BN3O. The second-order valence-electron chi connectivity index (χ2n) is 25.5. The molecule has 14 aromatic carbocycles. The highest BCUT2D eigenvalue weighted by molar-refractivity contribution is 6.99. The third-order valence-corrected chi connectivity index (χ3v) is 19.5. The highest BCUT2D eigenvalue weighted by atomic mass is 16.5. The normalized spacial score (nSPS) is 15.8. The van der Waals surface area contributed by atoms with Crippen LogP contribution >= 0.6 is 0 Å². The first-order valence-corrected chi connectivity index (χ1v) is 31.5. The lowest BCUT2D eigenvalue weighted by atomic mass is 9.34. The van der Waals surface area contributed by atoms with E-state index in [9.17, 15) is 16.4 Å². The van der Waals surface area contributed by atoms with E-state index in [1.165, 1.54) is 9.13 Å². The van der Waals surface area contributed by atoms with Crippen LogP contribution in [0.5, 0.6) is 11.5 Å². The van der Waals surface area contributed by atoms with E-state index in [-0.39, 0.29) is 55.0 Å². The van der Waals surface area contributed by atoms with Crippen LogP contribution in [0.15, 0.2) is 321 Å². The molecule has 0 spiro atoms. The van der Waals surface area contributed by atoms with Crippen molar-refractivity contribution >= 4 is 83.8 Å². The SMILES string of the molecule is [2H]c1c([2H])c([2H])c2c(c1[2H])c1c([2H])c([2H])c([2H])c([2H])c1n2-c1ccc2c(c1)N(c1c(-c3ccccc3)cc(C(C)(C)C)cc1-c1ccccc1)c1cc(-n3c4c([2H])c([2H])c([2H])c([2H])c4c4c([2H])c([2H])c([2H])c([2H])c43)cc3c1B2c1ccc(-c2cccc4c2C(c2ccccc2)(c2ccccc2)c2ccccc2-4)cc1O3. The standard InChI is InChI=1S/C89H62BN3O/c1-88(2,3)62-52-72(57-27-8-4-9-28-57)87(73(53-62)58-29-10-5-11-30-58)93-81-54-63(91-77-43-22-17-36-67(77)68-37-18-23-44-78(68)91)48-50-75(81)90-76-49-47-59(51-83(76)94-84-56-64(55-82(93)86(84)90)92-79-45-24-19-38-69(79)70-39-20-25-46-80(70)92)65-40-26-41-71-66-35-16-21-42-74(66)89(85(65)71,60-31-12-6-13-32-60)61-33-14-7-15-34-61/h4-56H,1-3H3/i17D,18D,19D,20D,22D,23D,24D,25D,36D,37D,38D,39D,43D,44D,45D,46D. The molecule has 94 heavy (non-hydrogen) atoms. The molecule has 0 amide bonds. The number of rotatable bonds is 8. The summed E-state index contributed by atoms with van der Waals surface area (Å²) >= 11 is 0. The van der Waals surface area contributed by atoms with Crippen LogP contribution in [-0.2, 0) is 10.8 Å². The number of hydrogen-bond donors (Lipinski definition) is 0. The summed E-state index contributed by atoms with van der Waals surface area (Å²) in [4.78, 5) is 2.12. The van der Waals surface area contributed by atoms with E-state index in [0.717, 1.165) is 77.8 Å². The Morgan fingerprint density at radius 3 is 1.43 bits per heavy atom. The number of fused-ring (bicyclic) bond motifs is 13. The van der Waals surface area contributed by atoms with Crippen LogP contribution < -0.4 is 26.0 Å².